The van der Waals surface area contributed by atoms with Crippen LogP contribution in [-0.4, -0.2) is 54.5 Å². The second-order valence-corrected chi connectivity index (χ2v) is 10.1. The average Bonchev–Trinajstić information content (AvgIpc) is 3.63. The molecular weight excluding hydrogens is 625 g/mol. The van der Waals surface area contributed by atoms with E-state index in [-0.39, 0.29) is 48.9 Å². The Morgan fingerprint density at radius 1 is 0.977 bits per heavy atom. The highest BCUT2D eigenvalue weighted by molar-refractivity contribution is 7.13. The molecule has 3 aromatic heterocycles. The van der Waals surface area contributed by atoms with Crippen LogP contribution in [0.3, 0.4) is 0 Å². The fraction of sp³-hybridized carbons (Fsp3) is 0.320. The van der Waals surface area contributed by atoms with Crippen molar-refractivity contribution in [3.05, 3.63) is 81.3 Å². The number of nitrogens with zero attached hydrogens (tertiary/aromatic N) is 6. The lowest BCUT2D eigenvalue weighted by Gasteiger charge is -2.10. The molecule has 19 heteroatoms. The summed E-state index contributed by atoms with van der Waals surface area (Å²) in [5.41, 5.74) is -0.706. The summed E-state index contributed by atoms with van der Waals surface area (Å²) in [5, 5.41) is 20.1. The van der Waals surface area contributed by atoms with Gasteiger partial charge in [-0.05, 0) is 36.2 Å². The Morgan fingerprint density at radius 2 is 1.75 bits per heavy atom. The Kier molecular flexibility index (Phi) is 10.1. The molecule has 0 aliphatic heterocycles. The van der Waals surface area contributed by atoms with Crippen molar-refractivity contribution in [2.24, 2.45) is 0 Å². The van der Waals surface area contributed by atoms with Gasteiger partial charge in [-0.1, -0.05) is 28.7 Å². The zero-order valence-electron chi connectivity index (χ0n) is 22.2. The number of halogens is 7. The van der Waals surface area contributed by atoms with Gasteiger partial charge in [0.2, 0.25) is 5.01 Å². The molecule has 2 amide bonds. The normalized spacial score (nSPS) is 12.5. The molecule has 0 aliphatic carbocycles. The third-order valence-electron chi connectivity index (χ3n) is 5.65. The minimum absolute atomic E-state index is 0.00307. The van der Waals surface area contributed by atoms with E-state index in [2.05, 4.69) is 40.9 Å². The molecule has 3 heterocycles. The van der Waals surface area contributed by atoms with Gasteiger partial charge in [-0.25, -0.2) is 9.07 Å². The Labute approximate surface area is 247 Å². The summed E-state index contributed by atoms with van der Waals surface area (Å²) in [6.07, 6.45) is -8.59. The van der Waals surface area contributed by atoms with E-state index in [0.29, 0.717) is 10.6 Å². The standard InChI is InChI=1S/C25H21F7N8O3S/c26-16(4-5-20-37-38-23(44-20)22(42)35-11-17-9-15(6-7-33-17)24(27,28)29)12-40-13-19(36-39-40)21(41)34-10-14-2-1-3-18(8-14)43-25(30,31)32/h1-3,6-9,13,16H,4-5,10-12H2,(H,34,41)(H,35,42). The summed E-state index contributed by atoms with van der Waals surface area (Å²) in [4.78, 5) is 28.5. The van der Waals surface area contributed by atoms with E-state index in [1.807, 2.05) is 0 Å². The smallest absolute Gasteiger partial charge is 0.406 e. The molecule has 4 aromatic rings. The number of carbonyl (C=O) groups excluding carboxylic acids is 2. The van der Waals surface area contributed by atoms with Crippen LogP contribution in [0.1, 0.15) is 48.5 Å². The topological polar surface area (TPSA) is 137 Å². The largest absolute Gasteiger partial charge is 0.573 e. The molecule has 2 N–H and O–H groups in total. The Bertz CT molecular complexity index is 1590. The molecule has 11 nitrogen and oxygen atoms in total. The number of carbonyl (C=O) groups is 2. The van der Waals surface area contributed by atoms with E-state index in [0.717, 1.165) is 46.5 Å². The van der Waals surface area contributed by atoms with Gasteiger partial charge in [0.1, 0.15) is 16.9 Å². The zero-order valence-corrected chi connectivity index (χ0v) is 23.0. The van der Waals surface area contributed by atoms with Crippen LogP contribution in [0.15, 0.2) is 48.8 Å². The molecule has 1 unspecified atom stereocenters. The van der Waals surface area contributed by atoms with E-state index < -0.39 is 41.8 Å². The number of ether oxygens (including phenoxy) is 1. The maximum atomic E-state index is 14.6. The highest BCUT2D eigenvalue weighted by Gasteiger charge is 2.31. The summed E-state index contributed by atoms with van der Waals surface area (Å²) in [6, 6.07) is 6.68. The van der Waals surface area contributed by atoms with Crippen LogP contribution in [0, 0.1) is 0 Å². The zero-order chi connectivity index (χ0) is 31.9. The van der Waals surface area contributed by atoms with Crippen LogP contribution < -0.4 is 15.4 Å². The van der Waals surface area contributed by atoms with Crippen LogP contribution in [0.4, 0.5) is 30.7 Å². The fourth-order valence-corrected chi connectivity index (χ4v) is 4.41. The summed E-state index contributed by atoms with van der Waals surface area (Å²) < 4.78 is 95.3. The van der Waals surface area contributed by atoms with Gasteiger partial charge in [-0.2, -0.15) is 13.2 Å². The molecule has 0 saturated carbocycles. The number of hydrogen-bond acceptors (Lipinski definition) is 9. The van der Waals surface area contributed by atoms with Gasteiger partial charge in [0, 0.05) is 19.2 Å². The van der Waals surface area contributed by atoms with Crippen molar-refractivity contribution in [1.82, 2.24) is 40.8 Å². The van der Waals surface area contributed by atoms with Crippen molar-refractivity contribution in [1.29, 1.82) is 0 Å². The first-order valence-electron chi connectivity index (χ1n) is 12.5. The summed E-state index contributed by atoms with van der Waals surface area (Å²) in [7, 11) is 0. The lowest BCUT2D eigenvalue weighted by Crippen LogP contribution is -2.23. The van der Waals surface area contributed by atoms with E-state index in [1.165, 1.54) is 18.3 Å². The van der Waals surface area contributed by atoms with Crippen molar-refractivity contribution < 1.29 is 45.1 Å². The van der Waals surface area contributed by atoms with E-state index >= 15 is 0 Å². The molecule has 4 rings (SSSR count). The number of aromatic nitrogens is 6. The van der Waals surface area contributed by atoms with Gasteiger partial charge in [-0.3, -0.25) is 14.6 Å². The fourth-order valence-electron chi connectivity index (χ4n) is 3.64. The number of rotatable bonds is 12. The van der Waals surface area contributed by atoms with Crippen LogP contribution in [0.2, 0.25) is 0 Å². The van der Waals surface area contributed by atoms with E-state index in [1.54, 1.807) is 0 Å². The monoisotopic (exact) mass is 646 g/mol. The lowest BCUT2D eigenvalue weighted by molar-refractivity contribution is -0.274. The first-order valence-corrected chi connectivity index (χ1v) is 13.4. The third kappa shape index (κ3) is 9.68. The molecule has 44 heavy (non-hydrogen) atoms. The molecule has 0 bridgehead atoms. The second-order valence-electron chi connectivity index (χ2n) is 9.06. The number of nitrogens with one attached hydrogen (secondary N) is 2. The average molecular weight is 647 g/mol. The first-order chi connectivity index (χ1) is 20.7. The molecule has 0 aliphatic rings. The van der Waals surface area contributed by atoms with Crippen molar-refractivity contribution in [3.63, 3.8) is 0 Å². The number of amides is 2. The number of hydrogen-bond donors (Lipinski definition) is 2. The summed E-state index contributed by atoms with van der Waals surface area (Å²) >= 11 is 0.894. The maximum absolute atomic E-state index is 14.6. The quantitative estimate of drug-likeness (QED) is 0.218. The molecule has 0 fully saturated rings. The number of benzene rings is 1. The van der Waals surface area contributed by atoms with Crippen LogP contribution >= 0.6 is 11.3 Å². The molecular formula is C25H21F7N8O3S. The minimum atomic E-state index is -4.86. The molecule has 1 aromatic carbocycles. The summed E-state index contributed by atoms with van der Waals surface area (Å²) in [5.74, 6) is -1.80. The Balaban J connectivity index is 1.21. The molecule has 234 valence electrons. The molecule has 1 atom stereocenters. The number of aryl methyl sites for hydroxylation is 1. The number of pyridine rings is 1. The van der Waals surface area contributed by atoms with Gasteiger partial charge in [0.05, 0.1) is 30.5 Å². The van der Waals surface area contributed by atoms with Gasteiger partial charge < -0.3 is 15.4 Å². The molecule has 0 saturated heterocycles. The van der Waals surface area contributed by atoms with E-state index in [4.69, 9.17) is 0 Å². The van der Waals surface area contributed by atoms with Crippen LogP contribution in [0.5, 0.6) is 5.75 Å². The maximum Gasteiger partial charge on any atom is 0.573 e. The Hall–Kier alpha value is -4.68. The molecule has 0 radical (unpaired) electrons. The lowest BCUT2D eigenvalue weighted by atomic mass is 10.2. The SMILES string of the molecule is O=C(NCc1cccc(OC(F)(F)F)c1)c1cn(CC(F)CCc2nnc(C(=O)NCc3cc(C(F)(F)F)ccn3)s2)nn1. The predicted octanol–water partition coefficient (Wildman–Crippen LogP) is 4.27. The summed E-state index contributed by atoms with van der Waals surface area (Å²) in [6.45, 7) is -0.657. The Morgan fingerprint density at radius 3 is 2.50 bits per heavy atom. The third-order valence-corrected chi connectivity index (χ3v) is 6.63. The van der Waals surface area contributed by atoms with Crippen molar-refractivity contribution in [2.75, 3.05) is 0 Å². The number of alkyl halides is 7. The first kappa shape index (κ1) is 32.2. The van der Waals surface area contributed by atoms with Crippen molar-refractivity contribution in [2.45, 2.75) is 51.2 Å². The minimum Gasteiger partial charge on any atom is -0.406 e. The van der Waals surface area contributed by atoms with Gasteiger partial charge in [-0.15, -0.1) is 28.5 Å². The van der Waals surface area contributed by atoms with Gasteiger partial charge in [0.15, 0.2) is 5.69 Å². The van der Waals surface area contributed by atoms with Crippen molar-refractivity contribution >= 4 is 23.2 Å². The highest BCUT2D eigenvalue weighted by atomic mass is 32.1. The van der Waals surface area contributed by atoms with Gasteiger partial charge in [0.25, 0.3) is 11.8 Å². The second kappa shape index (κ2) is 13.7. The van der Waals surface area contributed by atoms with Crippen LogP contribution in [-0.2, 0) is 32.2 Å². The van der Waals surface area contributed by atoms with Gasteiger partial charge >= 0.3 is 12.5 Å². The van der Waals surface area contributed by atoms with Crippen LogP contribution in [0.25, 0.3) is 0 Å². The highest BCUT2D eigenvalue weighted by Crippen LogP contribution is 2.29. The molecule has 0 spiro atoms. The predicted molar refractivity (Wildman–Crippen MR) is 138 cm³/mol. The van der Waals surface area contributed by atoms with Crippen molar-refractivity contribution in [3.8, 4) is 5.75 Å². The van der Waals surface area contributed by atoms with E-state index in [9.17, 15) is 40.3 Å².